The Hall–Kier alpha value is -2.79. The van der Waals surface area contributed by atoms with Gasteiger partial charge in [-0.3, -0.25) is 4.40 Å². The number of aliphatic hydroxyl groups is 1. The van der Waals surface area contributed by atoms with Crippen LogP contribution in [0.15, 0.2) is 30.7 Å². The smallest absolute Gasteiger partial charge is 0.376 e. The molecular weight excluding hydrogens is 404 g/mol. The number of imidazole rings is 1. The zero-order valence-electron chi connectivity index (χ0n) is 16.0. The third kappa shape index (κ3) is 3.70. The Morgan fingerprint density at radius 3 is 2.73 bits per heavy atom. The maximum absolute atomic E-state index is 14.5. The molecule has 1 aliphatic heterocycles. The van der Waals surface area contributed by atoms with Gasteiger partial charge in [0.05, 0.1) is 18.1 Å². The largest absolute Gasteiger partial charge is 0.421 e. The Bertz CT molecular complexity index is 1060. The van der Waals surface area contributed by atoms with Crippen LogP contribution >= 0.6 is 0 Å². The molecule has 1 unspecified atom stereocenters. The van der Waals surface area contributed by atoms with E-state index in [2.05, 4.69) is 25.6 Å². The molecular formula is C19H20F4N6O. The second-order valence-electron chi connectivity index (χ2n) is 7.44. The topological polar surface area (TPSA) is 87.4 Å². The first-order valence-corrected chi connectivity index (χ1v) is 9.43. The SMILES string of the molecule is CC(O)(c1ccc2ncc(-c3nc(N[C@@H]4CCCNC4)ncc3F)n2c1)C(F)(F)F. The quantitative estimate of drug-likeness (QED) is 0.559. The van der Waals surface area contributed by atoms with Crippen molar-refractivity contribution in [2.45, 2.75) is 37.6 Å². The molecule has 0 saturated carbocycles. The summed E-state index contributed by atoms with van der Waals surface area (Å²) in [5, 5.41) is 16.4. The number of nitrogens with one attached hydrogen (secondary N) is 2. The van der Waals surface area contributed by atoms with Crippen LogP contribution in [0.1, 0.15) is 25.3 Å². The summed E-state index contributed by atoms with van der Waals surface area (Å²) in [6.45, 7) is 2.32. The summed E-state index contributed by atoms with van der Waals surface area (Å²) < 4.78 is 55.5. The van der Waals surface area contributed by atoms with Gasteiger partial charge in [-0.2, -0.15) is 13.2 Å². The van der Waals surface area contributed by atoms with Gasteiger partial charge in [-0.25, -0.2) is 19.3 Å². The van der Waals surface area contributed by atoms with Crippen molar-refractivity contribution < 1.29 is 22.7 Å². The molecule has 0 aromatic carbocycles. The Morgan fingerprint density at radius 1 is 1.23 bits per heavy atom. The van der Waals surface area contributed by atoms with Gasteiger partial charge in [0.15, 0.2) is 11.4 Å². The molecule has 1 saturated heterocycles. The van der Waals surface area contributed by atoms with Crippen LogP contribution in [0.2, 0.25) is 0 Å². The third-order valence-electron chi connectivity index (χ3n) is 5.24. The Morgan fingerprint density at radius 2 is 2.03 bits per heavy atom. The monoisotopic (exact) mass is 424 g/mol. The number of hydrogen-bond acceptors (Lipinski definition) is 6. The van der Waals surface area contributed by atoms with Crippen LogP contribution in [0, 0.1) is 5.82 Å². The molecule has 0 spiro atoms. The summed E-state index contributed by atoms with van der Waals surface area (Å²) in [6.07, 6.45) is 0.432. The van der Waals surface area contributed by atoms with Gasteiger partial charge < -0.3 is 15.7 Å². The van der Waals surface area contributed by atoms with Gasteiger partial charge in [0.25, 0.3) is 0 Å². The van der Waals surface area contributed by atoms with E-state index in [1.165, 1.54) is 16.7 Å². The Labute approximate surface area is 169 Å². The lowest BCUT2D eigenvalue weighted by atomic mass is 9.97. The molecule has 30 heavy (non-hydrogen) atoms. The molecule has 0 amide bonds. The molecule has 1 fully saturated rings. The van der Waals surface area contributed by atoms with E-state index in [1.54, 1.807) is 0 Å². The number of alkyl halides is 3. The number of halogens is 4. The highest BCUT2D eigenvalue weighted by Crippen LogP contribution is 2.38. The number of rotatable bonds is 4. The van der Waals surface area contributed by atoms with Gasteiger partial charge >= 0.3 is 6.18 Å². The van der Waals surface area contributed by atoms with Crippen LogP contribution in [0.3, 0.4) is 0 Å². The number of nitrogens with zero attached hydrogens (tertiary/aromatic N) is 4. The van der Waals surface area contributed by atoms with Crippen LogP contribution in [-0.2, 0) is 5.60 Å². The number of anilines is 1. The number of piperidine rings is 1. The standard InChI is InChI=1S/C19H20F4N6O/c1-18(30,19(21,22)23)11-4-5-15-25-9-14(29(15)10-11)16-13(20)8-26-17(28-16)27-12-3-2-6-24-7-12/h4-5,8-10,12,24,30H,2-3,6-7H2,1H3,(H,26,27,28)/t12-,18?/m1/s1. The number of hydrogen-bond donors (Lipinski definition) is 3. The molecule has 4 rings (SSSR count). The summed E-state index contributed by atoms with van der Waals surface area (Å²) in [4.78, 5) is 12.3. The molecule has 3 aromatic heterocycles. The maximum Gasteiger partial charge on any atom is 0.421 e. The van der Waals surface area contributed by atoms with E-state index in [1.807, 2.05) is 0 Å². The van der Waals surface area contributed by atoms with Gasteiger partial charge in [0, 0.05) is 24.3 Å². The van der Waals surface area contributed by atoms with Gasteiger partial charge in [0.2, 0.25) is 5.95 Å². The number of fused-ring (bicyclic) bond motifs is 1. The summed E-state index contributed by atoms with van der Waals surface area (Å²) in [7, 11) is 0. The predicted molar refractivity (Wildman–Crippen MR) is 101 cm³/mol. The van der Waals surface area contributed by atoms with Crippen LogP contribution in [0.4, 0.5) is 23.5 Å². The number of aromatic nitrogens is 4. The fraction of sp³-hybridized carbons (Fsp3) is 0.421. The predicted octanol–water partition coefficient (Wildman–Crippen LogP) is 2.86. The summed E-state index contributed by atoms with van der Waals surface area (Å²) in [6, 6.07) is 2.55. The van der Waals surface area contributed by atoms with E-state index in [0.717, 1.165) is 44.4 Å². The van der Waals surface area contributed by atoms with Gasteiger partial charge in [-0.05, 0) is 32.4 Å². The molecule has 0 radical (unpaired) electrons. The van der Waals surface area contributed by atoms with E-state index >= 15 is 0 Å². The lowest BCUT2D eigenvalue weighted by Crippen LogP contribution is -2.39. The molecule has 11 heteroatoms. The van der Waals surface area contributed by atoms with Crippen LogP contribution in [0.5, 0.6) is 0 Å². The fourth-order valence-corrected chi connectivity index (χ4v) is 3.38. The summed E-state index contributed by atoms with van der Waals surface area (Å²) in [5.41, 5.74) is -3.14. The van der Waals surface area contributed by atoms with Crippen molar-refractivity contribution in [2.24, 2.45) is 0 Å². The van der Waals surface area contributed by atoms with Crippen LogP contribution < -0.4 is 10.6 Å². The van der Waals surface area contributed by atoms with Gasteiger partial charge in [-0.1, -0.05) is 6.07 Å². The minimum atomic E-state index is -4.88. The maximum atomic E-state index is 14.5. The Balaban J connectivity index is 1.74. The van der Waals surface area contributed by atoms with Crippen LogP contribution in [-0.4, -0.2) is 49.8 Å². The van der Waals surface area contributed by atoms with Crippen molar-refractivity contribution in [3.8, 4) is 11.4 Å². The molecule has 0 aliphatic carbocycles. The first-order chi connectivity index (χ1) is 14.2. The van der Waals surface area contributed by atoms with Crippen LogP contribution in [0.25, 0.3) is 17.0 Å². The summed E-state index contributed by atoms with van der Waals surface area (Å²) in [5.74, 6) is -0.523. The zero-order chi connectivity index (χ0) is 21.5. The molecule has 3 aromatic rings. The van der Waals surface area contributed by atoms with E-state index in [9.17, 15) is 22.7 Å². The molecule has 1 aliphatic rings. The van der Waals surface area contributed by atoms with Crippen molar-refractivity contribution in [1.82, 2.24) is 24.7 Å². The normalized spacial score (nSPS) is 19.6. The molecule has 160 valence electrons. The van der Waals surface area contributed by atoms with Crippen molar-refractivity contribution in [3.05, 3.63) is 42.1 Å². The highest BCUT2D eigenvalue weighted by molar-refractivity contribution is 5.62. The van der Waals surface area contributed by atoms with Crippen molar-refractivity contribution in [3.63, 3.8) is 0 Å². The molecule has 3 N–H and O–H groups in total. The molecule has 0 bridgehead atoms. The molecule has 4 heterocycles. The van der Waals surface area contributed by atoms with E-state index in [-0.39, 0.29) is 29.0 Å². The highest BCUT2D eigenvalue weighted by Gasteiger charge is 2.51. The third-order valence-corrected chi connectivity index (χ3v) is 5.24. The minimum Gasteiger partial charge on any atom is -0.376 e. The van der Waals surface area contributed by atoms with Crippen molar-refractivity contribution in [1.29, 1.82) is 0 Å². The molecule has 2 atom stereocenters. The fourth-order valence-electron chi connectivity index (χ4n) is 3.38. The summed E-state index contributed by atoms with van der Waals surface area (Å²) >= 11 is 0. The second-order valence-corrected chi connectivity index (χ2v) is 7.44. The number of pyridine rings is 1. The molecule has 7 nitrogen and oxygen atoms in total. The minimum absolute atomic E-state index is 0.0905. The van der Waals surface area contributed by atoms with E-state index in [0.29, 0.717) is 6.92 Å². The van der Waals surface area contributed by atoms with Gasteiger partial charge in [0.1, 0.15) is 11.3 Å². The Kier molecular flexibility index (Phi) is 5.10. The first-order valence-electron chi connectivity index (χ1n) is 9.43. The van der Waals surface area contributed by atoms with Gasteiger partial charge in [-0.15, -0.1) is 0 Å². The van der Waals surface area contributed by atoms with Crippen molar-refractivity contribution in [2.75, 3.05) is 18.4 Å². The van der Waals surface area contributed by atoms with Crippen molar-refractivity contribution >= 4 is 11.6 Å². The first kappa shape index (κ1) is 20.5. The lowest BCUT2D eigenvalue weighted by molar-refractivity contribution is -0.259. The lowest BCUT2D eigenvalue weighted by Gasteiger charge is -2.26. The average Bonchev–Trinajstić information content (AvgIpc) is 3.12. The second kappa shape index (κ2) is 7.47. The highest BCUT2D eigenvalue weighted by atomic mass is 19.4. The van der Waals surface area contributed by atoms with E-state index < -0.39 is 23.2 Å². The van der Waals surface area contributed by atoms with E-state index in [4.69, 9.17) is 0 Å². The zero-order valence-corrected chi connectivity index (χ0v) is 16.0. The average molecular weight is 424 g/mol.